The number of nitrogens with zero attached hydrogens (tertiary/aromatic N) is 2. The Morgan fingerprint density at radius 1 is 1.53 bits per heavy atom. The van der Waals surface area contributed by atoms with Crippen LogP contribution in [0.15, 0.2) is 18.2 Å². The summed E-state index contributed by atoms with van der Waals surface area (Å²) in [6.07, 6.45) is -0.877. The molecule has 3 N–H and O–H groups in total. The van der Waals surface area contributed by atoms with E-state index in [4.69, 9.17) is 5.11 Å². The first-order valence-electron chi connectivity index (χ1n) is 5.45. The van der Waals surface area contributed by atoms with Crippen LogP contribution in [0.4, 0.5) is 17.1 Å². The van der Waals surface area contributed by atoms with E-state index in [0.717, 1.165) is 0 Å². The van der Waals surface area contributed by atoms with Gasteiger partial charge in [0.05, 0.1) is 17.6 Å². The second kappa shape index (κ2) is 7.55. The molecule has 0 aliphatic carbocycles. The van der Waals surface area contributed by atoms with Crippen molar-refractivity contribution in [3.8, 4) is 0 Å². The lowest BCUT2D eigenvalue weighted by Gasteiger charge is -2.21. The van der Waals surface area contributed by atoms with E-state index in [1.54, 1.807) is 31.1 Å². The molecule has 1 aromatic carbocycles. The number of hydrogen-bond acceptors (Lipinski definition) is 6. The number of nitro groups is 1. The van der Waals surface area contributed by atoms with Crippen molar-refractivity contribution in [1.82, 2.24) is 0 Å². The standard InChI is InChI=1S/C11H17N3O4.CH4/c1-12-10-4-3-8(5-11(10)14(17)18)13(2)6-9(16)7-15;/h3-5,9,12,15-16H,6-7H2,1-2H3;1H4. The lowest BCUT2D eigenvalue weighted by Crippen LogP contribution is -2.31. The van der Waals surface area contributed by atoms with E-state index in [0.29, 0.717) is 11.4 Å². The molecule has 7 heteroatoms. The maximum Gasteiger partial charge on any atom is 0.294 e. The van der Waals surface area contributed by atoms with Crippen molar-refractivity contribution < 1.29 is 15.1 Å². The molecule has 0 saturated carbocycles. The fourth-order valence-electron chi connectivity index (χ4n) is 1.60. The molecule has 0 aromatic heterocycles. The Labute approximate surface area is 112 Å². The molecule has 0 bridgehead atoms. The van der Waals surface area contributed by atoms with Crippen molar-refractivity contribution in [3.63, 3.8) is 0 Å². The van der Waals surface area contributed by atoms with Crippen LogP contribution in [0.3, 0.4) is 0 Å². The van der Waals surface area contributed by atoms with E-state index < -0.39 is 11.0 Å². The smallest absolute Gasteiger partial charge is 0.294 e. The highest BCUT2D eigenvalue weighted by atomic mass is 16.6. The highest BCUT2D eigenvalue weighted by Gasteiger charge is 2.16. The van der Waals surface area contributed by atoms with Crippen LogP contribution in [0.25, 0.3) is 0 Å². The summed E-state index contributed by atoms with van der Waals surface area (Å²) < 4.78 is 0. The molecule has 0 heterocycles. The van der Waals surface area contributed by atoms with Gasteiger partial charge in [-0.2, -0.15) is 0 Å². The third kappa shape index (κ3) is 4.38. The molecule has 0 fully saturated rings. The van der Waals surface area contributed by atoms with E-state index in [1.165, 1.54) is 6.07 Å². The number of rotatable bonds is 6. The summed E-state index contributed by atoms with van der Waals surface area (Å²) in [6.45, 7) is -0.145. The Bertz CT molecular complexity index is 425. The zero-order valence-corrected chi connectivity index (χ0v) is 10.3. The van der Waals surface area contributed by atoms with Crippen molar-refractivity contribution in [3.05, 3.63) is 28.3 Å². The second-order valence-electron chi connectivity index (χ2n) is 3.93. The largest absolute Gasteiger partial charge is 0.394 e. The summed E-state index contributed by atoms with van der Waals surface area (Å²) in [4.78, 5) is 12.1. The van der Waals surface area contributed by atoms with Crippen molar-refractivity contribution in [2.75, 3.05) is 37.5 Å². The van der Waals surface area contributed by atoms with E-state index in [1.807, 2.05) is 0 Å². The maximum atomic E-state index is 10.9. The van der Waals surface area contributed by atoms with Gasteiger partial charge in [0, 0.05) is 32.4 Å². The van der Waals surface area contributed by atoms with Crippen molar-refractivity contribution in [2.45, 2.75) is 13.5 Å². The van der Waals surface area contributed by atoms with Gasteiger partial charge in [-0.25, -0.2) is 0 Å². The van der Waals surface area contributed by atoms with Crippen molar-refractivity contribution >= 4 is 17.1 Å². The predicted molar refractivity (Wildman–Crippen MR) is 75.7 cm³/mol. The third-order valence-corrected chi connectivity index (χ3v) is 2.58. The number of nitrogens with one attached hydrogen (secondary N) is 1. The number of aliphatic hydroxyl groups is 2. The Morgan fingerprint density at radius 2 is 2.16 bits per heavy atom. The third-order valence-electron chi connectivity index (χ3n) is 2.58. The van der Waals surface area contributed by atoms with E-state index in [9.17, 15) is 15.2 Å². The summed E-state index contributed by atoms with van der Waals surface area (Å²) in [5.74, 6) is 0. The number of benzene rings is 1. The van der Waals surface area contributed by atoms with E-state index in [2.05, 4.69) is 5.32 Å². The predicted octanol–water partition coefficient (Wildman–Crippen LogP) is 1.06. The van der Waals surface area contributed by atoms with Crippen molar-refractivity contribution in [1.29, 1.82) is 0 Å². The Kier molecular flexibility index (Phi) is 6.81. The minimum absolute atomic E-state index is 0. The van der Waals surface area contributed by atoms with E-state index >= 15 is 0 Å². The first-order valence-corrected chi connectivity index (χ1v) is 5.45. The van der Waals surface area contributed by atoms with Gasteiger partial charge < -0.3 is 20.4 Å². The molecule has 0 amide bonds. The van der Waals surface area contributed by atoms with Crippen LogP contribution in [-0.2, 0) is 0 Å². The normalized spacial score (nSPS) is 11.4. The summed E-state index contributed by atoms with van der Waals surface area (Å²) in [6, 6.07) is 4.74. The molecular formula is C12H21N3O4. The number of hydrogen-bond donors (Lipinski definition) is 3. The number of nitro benzene ring substituents is 1. The molecule has 0 radical (unpaired) electrons. The zero-order valence-electron chi connectivity index (χ0n) is 10.3. The molecule has 1 unspecified atom stereocenters. The zero-order chi connectivity index (χ0) is 13.7. The molecule has 0 saturated heterocycles. The number of anilines is 2. The van der Waals surface area contributed by atoms with Gasteiger partial charge in [0.15, 0.2) is 0 Å². The van der Waals surface area contributed by atoms with Crippen LogP contribution in [0.1, 0.15) is 7.43 Å². The van der Waals surface area contributed by atoms with Gasteiger partial charge in [-0.1, -0.05) is 7.43 Å². The Balaban J connectivity index is 0.00000324. The minimum Gasteiger partial charge on any atom is -0.394 e. The molecule has 1 rings (SSSR count). The van der Waals surface area contributed by atoms with Gasteiger partial charge in [0.1, 0.15) is 5.69 Å². The first kappa shape index (κ1) is 17.1. The summed E-state index contributed by atoms with van der Waals surface area (Å²) >= 11 is 0. The second-order valence-corrected chi connectivity index (χ2v) is 3.93. The van der Waals surface area contributed by atoms with Crippen LogP contribution < -0.4 is 10.2 Å². The lowest BCUT2D eigenvalue weighted by atomic mass is 10.2. The number of likely N-dealkylation sites (N-methyl/N-ethyl adjacent to an activating group) is 1. The molecule has 108 valence electrons. The van der Waals surface area contributed by atoms with Crippen LogP contribution in [0, 0.1) is 10.1 Å². The topological polar surface area (TPSA) is 98.9 Å². The van der Waals surface area contributed by atoms with Crippen LogP contribution >= 0.6 is 0 Å². The first-order chi connectivity index (χ1) is 8.49. The monoisotopic (exact) mass is 271 g/mol. The molecule has 19 heavy (non-hydrogen) atoms. The van der Waals surface area contributed by atoms with Gasteiger partial charge in [0.25, 0.3) is 5.69 Å². The molecular weight excluding hydrogens is 250 g/mol. The van der Waals surface area contributed by atoms with Crippen LogP contribution in [0.2, 0.25) is 0 Å². The van der Waals surface area contributed by atoms with Gasteiger partial charge in [-0.15, -0.1) is 0 Å². The summed E-state index contributed by atoms with van der Waals surface area (Å²) in [7, 11) is 3.30. The minimum atomic E-state index is -0.877. The molecule has 1 atom stereocenters. The molecule has 0 aliphatic rings. The van der Waals surface area contributed by atoms with Gasteiger partial charge >= 0.3 is 0 Å². The Morgan fingerprint density at radius 3 is 2.63 bits per heavy atom. The Hall–Kier alpha value is -1.86. The molecule has 0 aliphatic heterocycles. The molecule has 1 aromatic rings. The highest BCUT2D eigenvalue weighted by molar-refractivity contribution is 5.68. The number of aliphatic hydroxyl groups excluding tert-OH is 2. The summed E-state index contributed by atoms with van der Waals surface area (Å²) in [5, 5.41) is 31.7. The molecule has 0 spiro atoms. The van der Waals surface area contributed by atoms with Gasteiger partial charge in [0.2, 0.25) is 0 Å². The SMILES string of the molecule is C.CNc1ccc(N(C)CC(O)CO)cc1[N+](=O)[O-]. The fraction of sp³-hybridized carbons (Fsp3) is 0.500. The maximum absolute atomic E-state index is 10.9. The van der Waals surface area contributed by atoms with E-state index in [-0.39, 0.29) is 26.3 Å². The van der Waals surface area contributed by atoms with Gasteiger partial charge in [-0.05, 0) is 12.1 Å². The van der Waals surface area contributed by atoms with Gasteiger partial charge in [-0.3, -0.25) is 10.1 Å². The lowest BCUT2D eigenvalue weighted by molar-refractivity contribution is -0.383. The molecule has 7 nitrogen and oxygen atoms in total. The fourth-order valence-corrected chi connectivity index (χ4v) is 1.60. The average molecular weight is 271 g/mol. The van der Waals surface area contributed by atoms with Crippen LogP contribution in [-0.4, -0.2) is 48.5 Å². The van der Waals surface area contributed by atoms with Crippen LogP contribution in [0.5, 0.6) is 0 Å². The average Bonchev–Trinajstić information content (AvgIpc) is 2.37. The summed E-state index contributed by atoms with van der Waals surface area (Å²) in [5.41, 5.74) is 1.01. The van der Waals surface area contributed by atoms with Crippen molar-refractivity contribution in [2.24, 2.45) is 0 Å². The quantitative estimate of drug-likeness (QED) is 0.528. The highest BCUT2D eigenvalue weighted by Crippen LogP contribution is 2.28.